The Labute approximate surface area is 179 Å². The van der Waals surface area contributed by atoms with Crippen LogP contribution < -0.4 is 10.6 Å². The van der Waals surface area contributed by atoms with E-state index in [2.05, 4.69) is 41.3 Å². The van der Waals surface area contributed by atoms with Gasteiger partial charge >= 0.3 is 0 Å². The van der Waals surface area contributed by atoms with E-state index in [9.17, 15) is 4.79 Å². The van der Waals surface area contributed by atoms with E-state index in [1.807, 2.05) is 54.6 Å². The van der Waals surface area contributed by atoms with Gasteiger partial charge in [-0.05, 0) is 35.2 Å². The molecule has 6 heteroatoms. The van der Waals surface area contributed by atoms with Crippen LogP contribution >= 0.6 is 0 Å². The lowest BCUT2D eigenvalue weighted by molar-refractivity contribution is 0.0394. The average molecular weight is 409 g/mol. The van der Waals surface area contributed by atoms with E-state index in [4.69, 9.17) is 4.74 Å². The maximum absolute atomic E-state index is 12.8. The number of hydrogen-bond acceptors (Lipinski definition) is 4. The van der Waals surface area contributed by atoms with Gasteiger partial charge in [-0.1, -0.05) is 51.1 Å². The highest BCUT2D eigenvalue weighted by Crippen LogP contribution is 2.22. The van der Waals surface area contributed by atoms with Crippen molar-refractivity contribution in [2.24, 2.45) is 4.99 Å². The van der Waals surface area contributed by atoms with Crippen LogP contribution in [0.15, 0.2) is 59.6 Å². The number of hydrogen-bond donors (Lipinski definition) is 2. The molecule has 0 spiro atoms. The lowest BCUT2D eigenvalue weighted by Crippen LogP contribution is -2.39. The van der Waals surface area contributed by atoms with E-state index in [0.717, 1.165) is 38.5 Å². The molecule has 1 heterocycles. The second kappa shape index (κ2) is 10.4. The first-order valence-electron chi connectivity index (χ1n) is 10.5. The number of aliphatic imine (C=N–C) groups is 1. The molecule has 0 unspecified atom stereocenters. The summed E-state index contributed by atoms with van der Waals surface area (Å²) in [6.07, 6.45) is 0. The van der Waals surface area contributed by atoms with Gasteiger partial charge in [0.2, 0.25) is 5.96 Å². The normalized spacial score (nSPS) is 15.6. The van der Waals surface area contributed by atoms with E-state index in [1.165, 1.54) is 5.56 Å². The monoisotopic (exact) mass is 408 g/mol. The first kappa shape index (κ1) is 22.0. The summed E-state index contributed by atoms with van der Waals surface area (Å²) in [5.74, 6) is 0.281. The lowest BCUT2D eigenvalue weighted by atomic mass is 9.87. The van der Waals surface area contributed by atoms with E-state index in [0.29, 0.717) is 18.1 Å². The van der Waals surface area contributed by atoms with Crippen molar-refractivity contribution in [3.05, 3.63) is 65.7 Å². The second-order valence-electron chi connectivity index (χ2n) is 8.46. The molecule has 1 saturated heterocycles. The van der Waals surface area contributed by atoms with E-state index in [-0.39, 0.29) is 11.3 Å². The molecular formula is C24H32N4O2. The highest BCUT2D eigenvalue weighted by Gasteiger charge is 2.15. The summed E-state index contributed by atoms with van der Waals surface area (Å²) in [6.45, 7) is 11.3. The molecule has 160 valence electrons. The molecule has 1 amide bonds. The number of nitrogens with zero attached hydrogens (tertiary/aromatic N) is 2. The van der Waals surface area contributed by atoms with Gasteiger partial charge in [0.25, 0.3) is 5.91 Å². The average Bonchev–Trinajstić information content (AvgIpc) is 2.74. The highest BCUT2D eigenvalue weighted by atomic mass is 16.5. The van der Waals surface area contributed by atoms with Crippen LogP contribution in [0.1, 0.15) is 36.7 Å². The lowest BCUT2D eigenvalue weighted by Gasteiger charge is -2.25. The number of para-hydroxylation sites is 1. The van der Waals surface area contributed by atoms with Crippen LogP contribution in [-0.4, -0.2) is 56.2 Å². The number of ether oxygens (including phenoxy) is 1. The predicted octanol–water partition coefficient (Wildman–Crippen LogP) is 3.51. The Bertz CT molecular complexity index is 836. The quantitative estimate of drug-likeness (QED) is 0.587. The molecule has 0 aromatic heterocycles. The third-order valence-corrected chi connectivity index (χ3v) is 5.07. The van der Waals surface area contributed by atoms with Crippen molar-refractivity contribution in [2.45, 2.75) is 26.2 Å². The Morgan fingerprint density at radius 2 is 1.70 bits per heavy atom. The predicted molar refractivity (Wildman–Crippen MR) is 122 cm³/mol. The van der Waals surface area contributed by atoms with Gasteiger partial charge in [0.05, 0.1) is 19.8 Å². The Balaban J connectivity index is 1.67. The third-order valence-electron chi connectivity index (χ3n) is 5.07. The fourth-order valence-electron chi connectivity index (χ4n) is 3.20. The van der Waals surface area contributed by atoms with Crippen LogP contribution in [0.2, 0.25) is 0 Å². The van der Waals surface area contributed by atoms with E-state index >= 15 is 0 Å². The van der Waals surface area contributed by atoms with E-state index < -0.39 is 0 Å². The first-order valence-corrected chi connectivity index (χ1v) is 10.5. The fraction of sp³-hybridized carbons (Fsp3) is 0.417. The molecule has 0 saturated carbocycles. The summed E-state index contributed by atoms with van der Waals surface area (Å²) in [5.41, 5.74) is 2.74. The minimum atomic E-state index is -0.177. The molecule has 0 aliphatic carbocycles. The molecule has 1 aliphatic rings. The number of carbonyl (C=O) groups is 1. The van der Waals surface area contributed by atoms with Crippen molar-refractivity contribution < 1.29 is 9.53 Å². The van der Waals surface area contributed by atoms with Gasteiger partial charge in [-0.2, -0.15) is 0 Å². The second-order valence-corrected chi connectivity index (χ2v) is 8.46. The highest BCUT2D eigenvalue weighted by molar-refractivity contribution is 6.09. The number of carbonyl (C=O) groups excluding carboxylic acids is 1. The number of anilines is 1. The topological polar surface area (TPSA) is 66.0 Å². The number of benzene rings is 2. The number of amides is 1. The number of nitrogens with one attached hydrogen (secondary N) is 2. The zero-order valence-electron chi connectivity index (χ0n) is 18.1. The van der Waals surface area contributed by atoms with Gasteiger partial charge in [-0.25, -0.2) is 0 Å². The SMILES string of the molecule is CC(C)(C)c1ccc(C(=O)NC(=NCCN2CCOCC2)Nc2ccccc2)cc1. The van der Waals surface area contributed by atoms with Crippen LogP contribution in [-0.2, 0) is 10.2 Å². The maximum atomic E-state index is 12.8. The molecule has 1 aliphatic heterocycles. The van der Waals surface area contributed by atoms with Gasteiger partial charge in [0.15, 0.2) is 0 Å². The van der Waals surface area contributed by atoms with Crippen LogP contribution in [0, 0.1) is 0 Å². The summed E-state index contributed by atoms with van der Waals surface area (Å²) in [5, 5.41) is 6.16. The summed E-state index contributed by atoms with van der Waals surface area (Å²) in [4.78, 5) is 19.8. The molecule has 3 rings (SSSR count). The Kier molecular flexibility index (Phi) is 7.60. The van der Waals surface area contributed by atoms with Crippen molar-refractivity contribution in [1.29, 1.82) is 0 Å². The van der Waals surface area contributed by atoms with Crippen LogP contribution in [0.3, 0.4) is 0 Å². The van der Waals surface area contributed by atoms with Crippen LogP contribution in [0.5, 0.6) is 0 Å². The minimum Gasteiger partial charge on any atom is -0.379 e. The minimum absolute atomic E-state index is 0.0516. The molecule has 6 nitrogen and oxygen atoms in total. The van der Waals surface area contributed by atoms with Gasteiger partial charge in [-0.15, -0.1) is 0 Å². The Morgan fingerprint density at radius 1 is 1.03 bits per heavy atom. The smallest absolute Gasteiger partial charge is 0.257 e. The third kappa shape index (κ3) is 6.68. The first-order chi connectivity index (χ1) is 14.4. The van der Waals surface area contributed by atoms with Crippen molar-refractivity contribution in [3.63, 3.8) is 0 Å². The summed E-state index contributed by atoms with van der Waals surface area (Å²) >= 11 is 0. The molecular weight excluding hydrogens is 376 g/mol. The molecule has 0 bridgehead atoms. The number of rotatable bonds is 5. The standard InChI is InChI=1S/C24H32N4O2/c1-24(2,3)20-11-9-19(10-12-20)22(29)27-23(26-21-7-5-4-6-8-21)25-13-14-28-15-17-30-18-16-28/h4-12H,13-18H2,1-3H3,(H2,25,26,27,29). The van der Waals surface area contributed by atoms with Crippen LogP contribution in [0.25, 0.3) is 0 Å². The molecule has 2 aromatic carbocycles. The zero-order chi connectivity index (χ0) is 21.4. The van der Waals surface area contributed by atoms with Gasteiger partial charge in [0.1, 0.15) is 0 Å². The fourth-order valence-corrected chi connectivity index (χ4v) is 3.20. The van der Waals surface area contributed by atoms with Gasteiger partial charge < -0.3 is 10.1 Å². The molecule has 30 heavy (non-hydrogen) atoms. The van der Waals surface area contributed by atoms with Gasteiger partial charge in [-0.3, -0.25) is 20.0 Å². The van der Waals surface area contributed by atoms with E-state index in [1.54, 1.807) is 0 Å². The van der Waals surface area contributed by atoms with Gasteiger partial charge in [0, 0.05) is 30.9 Å². The molecule has 2 aromatic rings. The molecule has 1 fully saturated rings. The van der Waals surface area contributed by atoms with Crippen LogP contribution in [0.4, 0.5) is 5.69 Å². The van der Waals surface area contributed by atoms with Crippen molar-refractivity contribution >= 4 is 17.6 Å². The zero-order valence-corrected chi connectivity index (χ0v) is 18.1. The molecule has 0 radical (unpaired) electrons. The molecule has 0 atom stereocenters. The molecule has 2 N–H and O–H groups in total. The number of guanidine groups is 1. The van der Waals surface area contributed by atoms with Crippen molar-refractivity contribution in [1.82, 2.24) is 10.2 Å². The maximum Gasteiger partial charge on any atom is 0.257 e. The van der Waals surface area contributed by atoms with Crippen molar-refractivity contribution in [3.8, 4) is 0 Å². The van der Waals surface area contributed by atoms with Crippen molar-refractivity contribution in [2.75, 3.05) is 44.7 Å². The Morgan fingerprint density at radius 3 is 2.33 bits per heavy atom. The summed E-state index contributed by atoms with van der Waals surface area (Å²) in [7, 11) is 0. The Hall–Kier alpha value is -2.70. The summed E-state index contributed by atoms with van der Waals surface area (Å²) < 4.78 is 5.39. The largest absolute Gasteiger partial charge is 0.379 e. The summed E-state index contributed by atoms with van der Waals surface area (Å²) in [6, 6.07) is 17.5. The number of morpholine rings is 1.